The van der Waals surface area contributed by atoms with E-state index < -0.39 is 0 Å². The predicted molar refractivity (Wildman–Crippen MR) is 86.2 cm³/mol. The molecule has 5 nitrogen and oxygen atoms in total. The molecule has 0 bridgehead atoms. The van der Waals surface area contributed by atoms with Crippen LogP contribution in [0, 0.1) is 6.92 Å². The van der Waals surface area contributed by atoms with Crippen LogP contribution in [0.2, 0.25) is 0 Å². The molecule has 1 N–H and O–H groups in total. The predicted octanol–water partition coefficient (Wildman–Crippen LogP) is 3.15. The Morgan fingerprint density at radius 2 is 1.77 bits per heavy atom. The van der Waals surface area contributed by atoms with Gasteiger partial charge in [0, 0.05) is 18.8 Å². The molecule has 0 spiro atoms. The van der Waals surface area contributed by atoms with Gasteiger partial charge in [0.25, 0.3) is 5.91 Å². The number of rotatable bonds is 3. The van der Waals surface area contributed by atoms with Crippen LogP contribution in [0.15, 0.2) is 36.7 Å². The molecule has 3 rings (SSSR count). The number of aryl methyl sites for hydroxylation is 1. The number of aromatic nitrogens is 2. The minimum atomic E-state index is -0.0194. The van der Waals surface area contributed by atoms with Crippen molar-refractivity contribution in [2.75, 3.05) is 18.4 Å². The van der Waals surface area contributed by atoms with E-state index in [2.05, 4.69) is 15.3 Å². The van der Waals surface area contributed by atoms with Gasteiger partial charge in [0.05, 0.1) is 12.4 Å². The van der Waals surface area contributed by atoms with E-state index in [4.69, 9.17) is 0 Å². The largest absolute Gasteiger partial charge is 0.339 e. The lowest BCUT2D eigenvalue weighted by atomic mass is 10.1. The SMILES string of the molecule is Cc1ccc(Nc2cnc(C(=O)N3CCCCC3)cn2)cc1. The van der Waals surface area contributed by atoms with Crippen LogP contribution in [0.4, 0.5) is 11.5 Å². The number of carbonyl (C=O) groups excluding carboxylic acids is 1. The van der Waals surface area contributed by atoms with Crippen LogP contribution in [-0.2, 0) is 0 Å². The van der Waals surface area contributed by atoms with Crippen LogP contribution in [0.1, 0.15) is 35.3 Å². The summed E-state index contributed by atoms with van der Waals surface area (Å²) in [6.45, 7) is 3.69. The summed E-state index contributed by atoms with van der Waals surface area (Å²) < 4.78 is 0. The van der Waals surface area contributed by atoms with E-state index in [1.54, 1.807) is 12.4 Å². The summed E-state index contributed by atoms with van der Waals surface area (Å²) in [4.78, 5) is 22.7. The highest BCUT2D eigenvalue weighted by Gasteiger charge is 2.19. The van der Waals surface area contributed by atoms with E-state index >= 15 is 0 Å². The summed E-state index contributed by atoms with van der Waals surface area (Å²) in [7, 11) is 0. The van der Waals surface area contributed by atoms with Gasteiger partial charge in [0.15, 0.2) is 0 Å². The van der Waals surface area contributed by atoms with Gasteiger partial charge in [-0.15, -0.1) is 0 Å². The number of anilines is 2. The molecule has 0 aliphatic carbocycles. The van der Waals surface area contributed by atoms with Crippen molar-refractivity contribution in [1.82, 2.24) is 14.9 Å². The van der Waals surface area contributed by atoms with Gasteiger partial charge in [0.2, 0.25) is 0 Å². The highest BCUT2D eigenvalue weighted by molar-refractivity contribution is 5.92. The first-order chi connectivity index (χ1) is 10.7. The number of benzene rings is 1. The van der Waals surface area contributed by atoms with E-state index in [9.17, 15) is 4.79 Å². The lowest BCUT2D eigenvalue weighted by Gasteiger charge is -2.26. The number of nitrogens with zero attached hydrogens (tertiary/aromatic N) is 3. The van der Waals surface area contributed by atoms with Crippen LogP contribution in [0.5, 0.6) is 0 Å². The van der Waals surface area contributed by atoms with Gasteiger partial charge in [-0.05, 0) is 38.3 Å². The molecule has 1 saturated heterocycles. The van der Waals surface area contributed by atoms with Crippen LogP contribution >= 0.6 is 0 Å². The quantitative estimate of drug-likeness (QED) is 0.945. The topological polar surface area (TPSA) is 58.1 Å². The molecule has 1 fully saturated rings. The summed E-state index contributed by atoms with van der Waals surface area (Å²) in [5.74, 6) is 0.619. The molecule has 0 saturated carbocycles. The number of carbonyl (C=O) groups is 1. The van der Waals surface area contributed by atoms with E-state index in [1.807, 2.05) is 36.1 Å². The molecular weight excluding hydrogens is 276 g/mol. The Kier molecular flexibility index (Phi) is 4.32. The van der Waals surface area contributed by atoms with Gasteiger partial charge >= 0.3 is 0 Å². The van der Waals surface area contributed by atoms with E-state index in [-0.39, 0.29) is 5.91 Å². The zero-order valence-electron chi connectivity index (χ0n) is 12.7. The molecule has 22 heavy (non-hydrogen) atoms. The fourth-order valence-electron chi connectivity index (χ4n) is 2.55. The van der Waals surface area contributed by atoms with Crippen molar-refractivity contribution in [3.8, 4) is 0 Å². The third-order valence-corrected chi connectivity index (χ3v) is 3.84. The Morgan fingerprint density at radius 1 is 1.05 bits per heavy atom. The van der Waals surface area contributed by atoms with Crippen LogP contribution in [0.25, 0.3) is 0 Å². The second-order valence-electron chi connectivity index (χ2n) is 5.63. The Balaban J connectivity index is 1.66. The first-order valence-corrected chi connectivity index (χ1v) is 7.67. The standard InChI is InChI=1S/C17H20N4O/c1-13-5-7-14(8-6-13)20-16-12-18-15(11-19-16)17(22)21-9-3-2-4-10-21/h5-8,11-12H,2-4,9-10H2,1H3,(H,19,20). The van der Waals surface area contributed by atoms with Gasteiger partial charge in [0.1, 0.15) is 11.5 Å². The molecule has 0 radical (unpaired) electrons. The second kappa shape index (κ2) is 6.56. The average molecular weight is 296 g/mol. The number of nitrogens with one attached hydrogen (secondary N) is 1. The van der Waals surface area contributed by atoms with Crippen LogP contribution in [-0.4, -0.2) is 33.9 Å². The van der Waals surface area contributed by atoms with Crippen LogP contribution < -0.4 is 5.32 Å². The molecule has 1 aromatic carbocycles. The number of likely N-dealkylation sites (tertiary alicyclic amines) is 1. The minimum Gasteiger partial charge on any atom is -0.339 e. The molecule has 1 aliphatic heterocycles. The third kappa shape index (κ3) is 3.42. The summed E-state index contributed by atoms with van der Waals surface area (Å²) in [5.41, 5.74) is 2.57. The van der Waals surface area contributed by atoms with Crippen molar-refractivity contribution in [2.45, 2.75) is 26.2 Å². The third-order valence-electron chi connectivity index (χ3n) is 3.84. The van der Waals surface area contributed by atoms with Gasteiger partial charge in [-0.25, -0.2) is 9.97 Å². The lowest BCUT2D eigenvalue weighted by molar-refractivity contribution is 0.0718. The second-order valence-corrected chi connectivity index (χ2v) is 5.63. The van der Waals surface area contributed by atoms with E-state index in [0.717, 1.165) is 31.6 Å². The average Bonchev–Trinajstić information content (AvgIpc) is 2.58. The summed E-state index contributed by atoms with van der Waals surface area (Å²) >= 11 is 0. The molecule has 1 aromatic heterocycles. The van der Waals surface area contributed by atoms with Crippen molar-refractivity contribution in [2.24, 2.45) is 0 Å². The van der Waals surface area contributed by atoms with E-state index in [0.29, 0.717) is 11.5 Å². The molecule has 0 unspecified atom stereocenters. The molecular formula is C17H20N4O. The highest BCUT2D eigenvalue weighted by atomic mass is 16.2. The maximum Gasteiger partial charge on any atom is 0.274 e. The van der Waals surface area contributed by atoms with Gasteiger partial charge in [-0.3, -0.25) is 4.79 Å². The minimum absolute atomic E-state index is 0.0194. The fourth-order valence-corrected chi connectivity index (χ4v) is 2.55. The first-order valence-electron chi connectivity index (χ1n) is 7.67. The van der Waals surface area contributed by atoms with Gasteiger partial charge in [-0.1, -0.05) is 17.7 Å². The smallest absolute Gasteiger partial charge is 0.274 e. The van der Waals surface area contributed by atoms with Gasteiger partial charge < -0.3 is 10.2 Å². The number of hydrogen-bond acceptors (Lipinski definition) is 4. The van der Waals surface area contributed by atoms with Crippen LogP contribution in [0.3, 0.4) is 0 Å². The molecule has 2 aromatic rings. The maximum atomic E-state index is 12.3. The fraction of sp³-hybridized carbons (Fsp3) is 0.353. The molecule has 114 valence electrons. The van der Waals surface area contributed by atoms with Crippen molar-refractivity contribution >= 4 is 17.4 Å². The summed E-state index contributed by atoms with van der Waals surface area (Å²) in [5, 5.41) is 3.18. The van der Waals surface area contributed by atoms with Crippen molar-refractivity contribution in [3.63, 3.8) is 0 Å². The molecule has 5 heteroatoms. The van der Waals surface area contributed by atoms with Gasteiger partial charge in [-0.2, -0.15) is 0 Å². The lowest BCUT2D eigenvalue weighted by Crippen LogP contribution is -2.36. The highest BCUT2D eigenvalue weighted by Crippen LogP contribution is 2.15. The molecule has 1 aliphatic rings. The monoisotopic (exact) mass is 296 g/mol. The zero-order chi connectivity index (χ0) is 15.4. The Bertz CT molecular complexity index is 631. The summed E-state index contributed by atoms with van der Waals surface area (Å²) in [6, 6.07) is 8.04. The number of amides is 1. The van der Waals surface area contributed by atoms with Crippen molar-refractivity contribution < 1.29 is 4.79 Å². The zero-order valence-corrected chi connectivity index (χ0v) is 12.7. The maximum absolute atomic E-state index is 12.3. The molecule has 1 amide bonds. The first kappa shape index (κ1) is 14.5. The number of hydrogen-bond donors (Lipinski definition) is 1. The molecule has 0 atom stereocenters. The normalized spacial score (nSPS) is 14.7. The Hall–Kier alpha value is -2.43. The van der Waals surface area contributed by atoms with E-state index in [1.165, 1.54) is 12.0 Å². The van der Waals surface area contributed by atoms with Crippen molar-refractivity contribution in [1.29, 1.82) is 0 Å². The summed E-state index contributed by atoms with van der Waals surface area (Å²) in [6.07, 6.45) is 6.51. The number of piperidine rings is 1. The molecule has 2 heterocycles. The van der Waals surface area contributed by atoms with Crippen molar-refractivity contribution in [3.05, 3.63) is 47.9 Å². The Labute approximate surface area is 130 Å². The Morgan fingerprint density at radius 3 is 2.41 bits per heavy atom.